The summed E-state index contributed by atoms with van der Waals surface area (Å²) in [7, 11) is 0. The van der Waals surface area contributed by atoms with Crippen molar-refractivity contribution in [1.82, 2.24) is 0 Å². The van der Waals surface area contributed by atoms with Crippen molar-refractivity contribution >= 4 is 11.9 Å². The van der Waals surface area contributed by atoms with Crippen molar-refractivity contribution in [3.63, 3.8) is 0 Å². The van der Waals surface area contributed by atoms with Gasteiger partial charge in [0.1, 0.15) is 31.0 Å². The van der Waals surface area contributed by atoms with Crippen LogP contribution in [-0.4, -0.2) is 89.0 Å². The molecule has 0 aromatic rings. The van der Waals surface area contributed by atoms with Gasteiger partial charge in [-0.3, -0.25) is 9.59 Å². The average molecular weight is 803 g/mol. The number of rotatable bonds is 35. The van der Waals surface area contributed by atoms with Crippen LogP contribution in [-0.2, 0) is 28.5 Å². The lowest BCUT2D eigenvalue weighted by atomic mass is 9.99. The molecular formula is C47H78O10. The van der Waals surface area contributed by atoms with Crippen LogP contribution in [0.15, 0.2) is 72.9 Å². The lowest BCUT2D eigenvalue weighted by molar-refractivity contribution is -0.305. The fraction of sp³-hybridized carbons (Fsp3) is 0.702. The molecule has 0 saturated carbocycles. The Morgan fingerprint density at radius 1 is 0.561 bits per heavy atom. The molecule has 0 bridgehead atoms. The number of unbranched alkanes of at least 4 members (excludes halogenated alkanes) is 12. The Bertz CT molecular complexity index is 1160. The molecule has 10 heteroatoms. The number of ether oxygens (including phenoxy) is 4. The maximum Gasteiger partial charge on any atom is 0.306 e. The Hall–Kier alpha value is -2.86. The van der Waals surface area contributed by atoms with Crippen LogP contribution in [0.1, 0.15) is 155 Å². The number of allylic oxidation sites excluding steroid dienone is 12. The van der Waals surface area contributed by atoms with Crippen molar-refractivity contribution in [1.29, 1.82) is 0 Å². The number of carbonyl (C=O) groups excluding carboxylic acids is 2. The third-order valence-electron chi connectivity index (χ3n) is 9.58. The van der Waals surface area contributed by atoms with Gasteiger partial charge in [-0.2, -0.15) is 0 Å². The highest BCUT2D eigenvalue weighted by Gasteiger charge is 2.44. The molecule has 1 fully saturated rings. The molecule has 1 aliphatic rings. The highest BCUT2D eigenvalue weighted by Crippen LogP contribution is 2.22. The predicted octanol–water partition coefficient (Wildman–Crippen LogP) is 9.22. The van der Waals surface area contributed by atoms with Crippen LogP contribution in [0.5, 0.6) is 0 Å². The van der Waals surface area contributed by atoms with Gasteiger partial charge in [0.15, 0.2) is 12.4 Å². The highest BCUT2D eigenvalue weighted by atomic mass is 16.7. The van der Waals surface area contributed by atoms with Crippen molar-refractivity contribution in [2.75, 3.05) is 19.8 Å². The molecule has 1 heterocycles. The van der Waals surface area contributed by atoms with E-state index < -0.39 is 55.4 Å². The Morgan fingerprint density at radius 2 is 1.04 bits per heavy atom. The number of hydrogen-bond donors (Lipinski definition) is 4. The molecule has 0 aromatic heterocycles. The number of carbonyl (C=O) groups is 2. The molecule has 326 valence electrons. The van der Waals surface area contributed by atoms with Crippen LogP contribution < -0.4 is 0 Å². The fourth-order valence-electron chi connectivity index (χ4n) is 6.09. The first-order valence-corrected chi connectivity index (χ1v) is 22.0. The molecule has 1 aliphatic heterocycles. The SMILES string of the molecule is CC/C=C/C/C=C/C/C=C/C/C=C/CCCCC(=O)O[C@@H](COC(=O)CCCCCCCCC/C=C/C/C=C/CCCCC)CO[C@H]1O[C@@H](CO)[C@@H](O)C(O)C1O. The summed E-state index contributed by atoms with van der Waals surface area (Å²) in [5.41, 5.74) is 0. The second kappa shape index (κ2) is 37.4. The number of hydrogen-bond acceptors (Lipinski definition) is 10. The molecule has 0 amide bonds. The van der Waals surface area contributed by atoms with E-state index in [2.05, 4.69) is 86.8 Å². The van der Waals surface area contributed by atoms with E-state index in [-0.39, 0.29) is 26.1 Å². The van der Waals surface area contributed by atoms with Crippen molar-refractivity contribution in [3.05, 3.63) is 72.9 Å². The Labute approximate surface area is 344 Å². The van der Waals surface area contributed by atoms with Crippen LogP contribution in [0.2, 0.25) is 0 Å². The molecule has 4 N–H and O–H groups in total. The lowest BCUT2D eigenvalue weighted by Gasteiger charge is -2.39. The summed E-state index contributed by atoms with van der Waals surface area (Å²) in [4.78, 5) is 25.3. The fourth-order valence-corrected chi connectivity index (χ4v) is 6.09. The molecule has 0 aliphatic carbocycles. The van der Waals surface area contributed by atoms with Gasteiger partial charge in [0.25, 0.3) is 0 Å². The second-order valence-corrected chi connectivity index (χ2v) is 14.8. The summed E-state index contributed by atoms with van der Waals surface area (Å²) in [6.45, 7) is 3.21. The maximum absolute atomic E-state index is 12.7. The first-order chi connectivity index (χ1) is 27.8. The molecule has 57 heavy (non-hydrogen) atoms. The van der Waals surface area contributed by atoms with Gasteiger partial charge >= 0.3 is 11.9 Å². The van der Waals surface area contributed by atoms with Crippen molar-refractivity contribution < 1.29 is 49.0 Å². The van der Waals surface area contributed by atoms with E-state index in [1.165, 1.54) is 44.9 Å². The maximum atomic E-state index is 12.7. The Morgan fingerprint density at radius 3 is 1.60 bits per heavy atom. The van der Waals surface area contributed by atoms with E-state index in [1.807, 2.05) is 0 Å². The standard InChI is InChI=1S/C47H78O10/c1-3-5-7-9-11-13-15-17-19-20-22-23-25-27-29-31-33-35-42(49)54-38-40(39-55-47-46(53)45(52)44(51)41(37-48)57-47)56-43(50)36-34-32-30-28-26-24-21-18-16-14-12-10-8-6-4-2/h6,8,11-14,17-19,21,26,28,40-41,44-48,51-53H,3-5,7,9-10,15-16,20,22-25,27,29-39H2,1-2H3/b8-6+,13-11+,14-12+,19-17+,21-18+,28-26+/t40-,41-,44+,45?,46?,47-/m0/s1. The van der Waals surface area contributed by atoms with Gasteiger partial charge in [0.2, 0.25) is 0 Å². The Kier molecular flexibility index (Phi) is 34.2. The van der Waals surface area contributed by atoms with Crippen molar-refractivity contribution in [3.8, 4) is 0 Å². The monoisotopic (exact) mass is 803 g/mol. The van der Waals surface area contributed by atoms with E-state index >= 15 is 0 Å². The summed E-state index contributed by atoms with van der Waals surface area (Å²) in [6, 6.07) is 0. The third-order valence-corrected chi connectivity index (χ3v) is 9.58. The van der Waals surface area contributed by atoms with Crippen molar-refractivity contribution in [2.24, 2.45) is 0 Å². The molecule has 0 spiro atoms. The van der Waals surface area contributed by atoms with Gasteiger partial charge in [-0.15, -0.1) is 0 Å². The van der Waals surface area contributed by atoms with E-state index in [0.29, 0.717) is 12.8 Å². The minimum atomic E-state index is -1.61. The summed E-state index contributed by atoms with van der Waals surface area (Å²) >= 11 is 0. The molecule has 1 saturated heterocycles. The van der Waals surface area contributed by atoms with Gasteiger partial charge < -0.3 is 39.4 Å². The van der Waals surface area contributed by atoms with Crippen LogP contribution >= 0.6 is 0 Å². The molecule has 0 aromatic carbocycles. The van der Waals surface area contributed by atoms with E-state index in [0.717, 1.165) is 70.6 Å². The van der Waals surface area contributed by atoms with Crippen LogP contribution in [0, 0.1) is 0 Å². The first kappa shape index (κ1) is 52.2. The summed E-state index contributed by atoms with van der Waals surface area (Å²) in [5.74, 6) is -0.871. The van der Waals surface area contributed by atoms with Crippen molar-refractivity contribution in [2.45, 2.75) is 192 Å². The third kappa shape index (κ3) is 29.1. The van der Waals surface area contributed by atoms with Crippen LogP contribution in [0.3, 0.4) is 0 Å². The minimum Gasteiger partial charge on any atom is -0.462 e. The zero-order chi connectivity index (χ0) is 41.6. The molecule has 2 unspecified atom stereocenters. The largest absolute Gasteiger partial charge is 0.462 e. The normalized spacial score (nSPS) is 21.0. The predicted molar refractivity (Wildman–Crippen MR) is 228 cm³/mol. The zero-order valence-corrected chi connectivity index (χ0v) is 35.3. The molecule has 0 radical (unpaired) electrons. The van der Waals surface area contributed by atoms with Crippen LogP contribution in [0.4, 0.5) is 0 Å². The lowest BCUT2D eigenvalue weighted by Crippen LogP contribution is -2.59. The molecular weight excluding hydrogens is 725 g/mol. The van der Waals surface area contributed by atoms with E-state index in [1.54, 1.807) is 0 Å². The van der Waals surface area contributed by atoms with E-state index in [4.69, 9.17) is 18.9 Å². The van der Waals surface area contributed by atoms with Gasteiger partial charge in [-0.1, -0.05) is 132 Å². The second-order valence-electron chi connectivity index (χ2n) is 14.8. The highest BCUT2D eigenvalue weighted by molar-refractivity contribution is 5.70. The van der Waals surface area contributed by atoms with E-state index in [9.17, 15) is 30.0 Å². The molecule has 10 nitrogen and oxygen atoms in total. The number of aliphatic hydroxyl groups is 4. The number of esters is 2. The smallest absolute Gasteiger partial charge is 0.306 e. The molecule has 6 atom stereocenters. The summed E-state index contributed by atoms with van der Waals surface area (Å²) in [5, 5.41) is 40.0. The molecule has 1 rings (SSSR count). The Balaban J connectivity index is 2.38. The summed E-state index contributed by atoms with van der Waals surface area (Å²) < 4.78 is 22.1. The van der Waals surface area contributed by atoms with Gasteiger partial charge in [-0.05, 0) is 83.5 Å². The first-order valence-electron chi connectivity index (χ1n) is 22.0. The van der Waals surface area contributed by atoms with Crippen LogP contribution in [0.25, 0.3) is 0 Å². The zero-order valence-electron chi connectivity index (χ0n) is 35.3. The van der Waals surface area contributed by atoms with Gasteiger partial charge in [-0.25, -0.2) is 0 Å². The topological polar surface area (TPSA) is 152 Å². The average Bonchev–Trinajstić information content (AvgIpc) is 3.21. The number of aliphatic hydroxyl groups excluding tert-OH is 4. The van der Waals surface area contributed by atoms with Gasteiger partial charge in [0.05, 0.1) is 13.2 Å². The quantitative estimate of drug-likeness (QED) is 0.0277. The minimum absolute atomic E-state index is 0.172. The summed E-state index contributed by atoms with van der Waals surface area (Å²) in [6.07, 6.45) is 39.1. The van der Waals surface area contributed by atoms with Gasteiger partial charge in [0, 0.05) is 12.8 Å².